The molecule has 0 saturated carbocycles. The smallest absolute Gasteiger partial charge is 0.0738 e. The van der Waals surface area contributed by atoms with Crippen molar-refractivity contribution in [2.45, 2.75) is 18.2 Å². The van der Waals surface area contributed by atoms with Gasteiger partial charge in [-0.3, -0.25) is 0 Å². The predicted molar refractivity (Wildman–Crippen MR) is 80.9 cm³/mol. The minimum absolute atomic E-state index is 0.183. The average Bonchev–Trinajstić information content (AvgIpc) is 2.80. The van der Waals surface area contributed by atoms with Gasteiger partial charge >= 0.3 is 0 Å². The van der Waals surface area contributed by atoms with Gasteiger partial charge in [-0.15, -0.1) is 11.3 Å². The van der Waals surface area contributed by atoms with Crippen molar-refractivity contribution < 1.29 is 0 Å². The summed E-state index contributed by atoms with van der Waals surface area (Å²) in [5.74, 6) is 0. The molecule has 1 aromatic heterocycles. The second-order valence-corrected chi connectivity index (χ2v) is 6.62. The summed E-state index contributed by atoms with van der Waals surface area (Å²) >= 11 is 17.5. The molecule has 0 bridgehead atoms. The maximum Gasteiger partial charge on any atom is 0.0738 e. The fourth-order valence-electron chi connectivity index (χ4n) is 1.56. The van der Waals surface area contributed by atoms with Crippen LogP contribution in [0.1, 0.15) is 27.1 Å². The zero-order valence-corrected chi connectivity index (χ0v) is 13.1. The molecule has 1 atom stereocenters. The van der Waals surface area contributed by atoms with E-state index in [1.807, 2.05) is 29.5 Å². The summed E-state index contributed by atoms with van der Waals surface area (Å²) in [7, 11) is 0. The summed E-state index contributed by atoms with van der Waals surface area (Å²) in [5.41, 5.74) is 1.13. The van der Waals surface area contributed by atoms with Gasteiger partial charge in [0.2, 0.25) is 0 Å². The molecule has 2 aromatic rings. The molecule has 0 aliphatic rings. The Morgan fingerprint density at radius 2 is 1.94 bits per heavy atom. The second-order valence-electron chi connectivity index (χ2n) is 3.69. The van der Waals surface area contributed by atoms with Crippen LogP contribution >= 0.6 is 50.5 Å². The fourth-order valence-corrected chi connectivity index (χ4v) is 3.54. The SMILES string of the molecule is CCc1ccc(C(Br)c2ccc(Cl)c(Cl)c2)s1. The molecule has 0 aliphatic heterocycles. The van der Waals surface area contributed by atoms with Crippen molar-refractivity contribution in [3.8, 4) is 0 Å². The quantitative estimate of drug-likeness (QED) is 0.587. The minimum atomic E-state index is 0.183. The Hall–Kier alpha value is -0.0200. The monoisotopic (exact) mass is 348 g/mol. The number of thiophene rings is 1. The van der Waals surface area contributed by atoms with Gasteiger partial charge in [-0.05, 0) is 36.2 Å². The lowest BCUT2D eigenvalue weighted by Gasteiger charge is -2.09. The summed E-state index contributed by atoms with van der Waals surface area (Å²) < 4.78 is 0. The van der Waals surface area contributed by atoms with E-state index < -0.39 is 0 Å². The van der Waals surface area contributed by atoms with E-state index in [1.165, 1.54) is 9.75 Å². The third-order valence-corrected chi connectivity index (χ3v) is 5.88. The van der Waals surface area contributed by atoms with Crippen molar-refractivity contribution in [3.63, 3.8) is 0 Å². The van der Waals surface area contributed by atoms with E-state index in [9.17, 15) is 0 Å². The molecule has 0 radical (unpaired) electrons. The number of aryl methyl sites for hydroxylation is 1. The van der Waals surface area contributed by atoms with E-state index >= 15 is 0 Å². The van der Waals surface area contributed by atoms with Gasteiger partial charge in [-0.25, -0.2) is 0 Å². The highest BCUT2D eigenvalue weighted by atomic mass is 79.9. The predicted octanol–water partition coefficient (Wildman–Crippen LogP) is 6.10. The number of hydrogen-bond acceptors (Lipinski definition) is 1. The summed E-state index contributed by atoms with van der Waals surface area (Å²) in [6.07, 6.45) is 1.08. The Kier molecular flexibility index (Phi) is 4.53. The van der Waals surface area contributed by atoms with Crippen LogP contribution in [0.25, 0.3) is 0 Å². The molecule has 1 unspecified atom stereocenters. The maximum atomic E-state index is 6.03. The zero-order valence-electron chi connectivity index (χ0n) is 9.21. The second kappa shape index (κ2) is 5.75. The standard InChI is InChI=1S/C13H11BrCl2S/c1-2-9-4-6-12(17-9)13(14)8-3-5-10(15)11(16)7-8/h3-7,13H,2H2,1H3. The number of halogens is 3. The summed E-state index contributed by atoms with van der Waals surface area (Å²) in [6, 6.07) is 10.1. The molecule has 0 spiro atoms. The first-order valence-electron chi connectivity index (χ1n) is 5.29. The van der Waals surface area contributed by atoms with Gasteiger partial charge in [0.25, 0.3) is 0 Å². The Morgan fingerprint density at radius 3 is 2.53 bits per heavy atom. The van der Waals surface area contributed by atoms with Crippen molar-refractivity contribution in [2.75, 3.05) is 0 Å². The van der Waals surface area contributed by atoms with E-state index in [4.69, 9.17) is 23.2 Å². The molecule has 1 heterocycles. The van der Waals surface area contributed by atoms with E-state index in [0.717, 1.165) is 12.0 Å². The number of rotatable bonds is 3. The van der Waals surface area contributed by atoms with Gasteiger partial charge in [0, 0.05) is 9.75 Å². The molecular formula is C13H11BrCl2S. The molecular weight excluding hydrogens is 339 g/mol. The highest BCUT2D eigenvalue weighted by Gasteiger charge is 2.13. The molecule has 90 valence electrons. The highest BCUT2D eigenvalue weighted by Crippen LogP contribution is 2.37. The lowest BCUT2D eigenvalue weighted by molar-refractivity contribution is 1.19. The maximum absolute atomic E-state index is 6.03. The first kappa shape index (κ1) is 13.4. The third kappa shape index (κ3) is 3.05. The van der Waals surface area contributed by atoms with Gasteiger partial charge in [0.05, 0.1) is 14.9 Å². The Bertz CT molecular complexity index is 522. The molecule has 2 rings (SSSR count). The lowest BCUT2D eigenvalue weighted by atomic mass is 10.1. The molecule has 0 saturated heterocycles. The fraction of sp³-hybridized carbons (Fsp3) is 0.231. The van der Waals surface area contributed by atoms with Gasteiger partial charge in [-0.2, -0.15) is 0 Å². The molecule has 4 heteroatoms. The minimum Gasteiger partial charge on any atom is -0.144 e. The van der Waals surface area contributed by atoms with Crippen molar-refractivity contribution in [2.24, 2.45) is 0 Å². The third-order valence-electron chi connectivity index (χ3n) is 2.52. The molecule has 17 heavy (non-hydrogen) atoms. The van der Waals surface area contributed by atoms with Crippen molar-refractivity contribution >= 4 is 50.5 Å². The molecule has 1 aromatic carbocycles. The van der Waals surface area contributed by atoms with Crippen molar-refractivity contribution in [1.82, 2.24) is 0 Å². The van der Waals surface area contributed by atoms with E-state index in [2.05, 4.69) is 35.0 Å². The van der Waals surface area contributed by atoms with Crippen LogP contribution in [0, 0.1) is 0 Å². The van der Waals surface area contributed by atoms with Crippen LogP contribution < -0.4 is 0 Å². The van der Waals surface area contributed by atoms with Gasteiger partial charge in [-0.1, -0.05) is 52.1 Å². The molecule has 0 amide bonds. The summed E-state index contributed by atoms with van der Waals surface area (Å²) in [6.45, 7) is 2.16. The highest BCUT2D eigenvalue weighted by molar-refractivity contribution is 9.09. The van der Waals surface area contributed by atoms with E-state index in [0.29, 0.717) is 10.0 Å². The number of alkyl halides is 1. The summed E-state index contributed by atoms with van der Waals surface area (Å²) in [5, 5.41) is 1.19. The molecule has 0 fully saturated rings. The van der Waals surface area contributed by atoms with Crippen LogP contribution in [0.3, 0.4) is 0 Å². The van der Waals surface area contributed by atoms with Crippen LogP contribution in [0.2, 0.25) is 10.0 Å². The van der Waals surface area contributed by atoms with Crippen molar-refractivity contribution in [3.05, 3.63) is 55.7 Å². The Morgan fingerprint density at radius 1 is 1.18 bits per heavy atom. The largest absolute Gasteiger partial charge is 0.144 e. The molecule has 0 N–H and O–H groups in total. The normalized spacial score (nSPS) is 12.7. The molecule has 0 nitrogen and oxygen atoms in total. The van der Waals surface area contributed by atoms with Gasteiger partial charge in [0.1, 0.15) is 0 Å². The first-order chi connectivity index (χ1) is 8.11. The zero-order chi connectivity index (χ0) is 12.4. The summed E-state index contributed by atoms with van der Waals surface area (Å²) in [4.78, 5) is 2.87. The average molecular weight is 350 g/mol. The van der Waals surface area contributed by atoms with Gasteiger partial charge < -0.3 is 0 Å². The van der Waals surface area contributed by atoms with Gasteiger partial charge in [0.15, 0.2) is 0 Å². The topological polar surface area (TPSA) is 0 Å². The van der Waals surface area contributed by atoms with Crippen LogP contribution in [-0.4, -0.2) is 0 Å². The van der Waals surface area contributed by atoms with Crippen LogP contribution in [0.5, 0.6) is 0 Å². The number of benzene rings is 1. The van der Waals surface area contributed by atoms with E-state index in [1.54, 1.807) is 0 Å². The Balaban J connectivity index is 2.29. The van der Waals surface area contributed by atoms with Crippen molar-refractivity contribution in [1.29, 1.82) is 0 Å². The first-order valence-corrected chi connectivity index (χ1v) is 7.78. The van der Waals surface area contributed by atoms with Crippen LogP contribution in [0.15, 0.2) is 30.3 Å². The molecule has 0 aliphatic carbocycles. The lowest BCUT2D eigenvalue weighted by Crippen LogP contribution is -1.89. The number of hydrogen-bond donors (Lipinski definition) is 0. The van der Waals surface area contributed by atoms with E-state index in [-0.39, 0.29) is 4.83 Å². The van der Waals surface area contributed by atoms with Crippen LogP contribution in [0.4, 0.5) is 0 Å². The van der Waals surface area contributed by atoms with Crippen LogP contribution in [-0.2, 0) is 6.42 Å². The Labute approximate surface area is 124 Å².